The van der Waals surface area contributed by atoms with Gasteiger partial charge in [0, 0.05) is 16.3 Å². The lowest BCUT2D eigenvalue weighted by molar-refractivity contribution is -0.123. The van der Waals surface area contributed by atoms with Crippen LogP contribution in [-0.4, -0.2) is 37.7 Å². The van der Waals surface area contributed by atoms with Gasteiger partial charge >= 0.3 is 0 Å². The van der Waals surface area contributed by atoms with Crippen LogP contribution in [-0.2, 0) is 9.59 Å². The zero-order valence-electron chi connectivity index (χ0n) is 18.0. The molecule has 3 aromatic carbocycles. The van der Waals surface area contributed by atoms with E-state index in [-0.39, 0.29) is 31.3 Å². The summed E-state index contributed by atoms with van der Waals surface area (Å²) in [6, 6.07) is 13.2. The van der Waals surface area contributed by atoms with Gasteiger partial charge in [-0.25, -0.2) is 4.39 Å². The summed E-state index contributed by atoms with van der Waals surface area (Å²) in [6.07, 6.45) is 0. The number of hydrogen-bond donors (Lipinski definition) is 2. The molecule has 0 atom stereocenters. The highest BCUT2D eigenvalue weighted by atomic mass is 35.5. The molecular weight excluding hydrogens is 481 g/mol. The zero-order chi connectivity index (χ0) is 24.5. The van der Waals surface area contributed by atoms with Crippen LogP contribution in [0.3, 0.4) is 0 Å². The molecule has 0 fully saturated rings. The fourth-order valence-corrected chi connectivity index (χ4v) is 3.79. The highest BCUT2D eigenvalue weighted by Gasteiger charge is 2.28. The average molecular weight is 498 g/mol. The molecule has 2 N–H and O–H groups in total. The Morgan fingerprint density at radius 3 is 2.60 bits per heavy atom. The summed E-state index contributed by atoms with van der Waals surface area (Å²) in [6.45, 7) is -0.545. The molecule has 0 aromatic heterocycles. The smallest absolute Gasteiger partial charge is 0.265 e. The fourth-order valence-electron chi connectivity index (χ4n) is 3.62. The average Bonchev–Trinajstić information content (AvgIpc) is 3.31. The number of anilines is 3. The lowest BCUT2D eigenvalue weighted by Crippen LogP contribution is -2.43. The van der Waals surface area contributed by atoms with Crippen LogP contribution in [0.2, 0.25) is 5.02 Å². The quantitative estimate of drug-likeness (QED) is 0.555. The van der Waals surface area contributed by atoms with E-state index in [0.29, 0.717) is 33.5 Å². The molecule has 3 aromatic rings. The molecule has 35 heavy (non-hydrogen) atoms. The van der Waals surface area contributed by atoms with Gasteiger partial charge in [-0.15, -0.1) is 0 Å². The predicted molar refractivity (Wildman–Crippen MR) is 125 cm³/mol. The number of carbonyl (C=O) groups is 3. The first-order chi connectivity index (χ1) is 16.9. The Morgan fingerprint density at radius 2 is 1.74 bits per heavy atom. The molecule has 0 unspecified atom stereocenters. The Kier molecular flexibility index (Phi) is 5.87. The standard InChI is InChI=1S/C24H17ClFN3O6/c25-14-2-6-19-18(8-14)29(23(31)11-33-19)10-22(30)28-17-9-15(3-4-16(17)26)27-24(32)13-1-5-20-21(7-13)35-12-34-20/h1-9H,10-12H2,(H,27,32)(H,28,30). The molecule has 0 aliphatic carbocycles. The molecule has 11 heteroatoms. The van der Waals surface area contributed by atoms with Crippen molar-refractivity contribution in [1.82, 2.24) is 0 Å². The molecular formula is C24H17ClFN3O6. The number of amides is 3. The number of benzene rings is 3. The predicted octanol–water partition coefficient (Wildman–Crippen LogP) is 3.82. The summed E-state index contributed by atoms with van der Waals surface area (Å²) in [4.78, 5) is 38.9. The summed E-state index contributed by atoms with van der Waals surface area (Å²) in [7, 11) is 0. The van der Waals surface area contributed by atoms with Crippen molar-refractivity contribution >= 4 is 46.4 Å². The Morgan fingerprint density at radius 1 is 0.943 bits per heavy atom. The van der Waals surface area contributed by atoms with E-state index in [1.807, 2.05) is 0 Å². The van der Waals surface area contributed by atoms with E-state index in [4.69, 9.17) is 25.8 Å². The lowest BCUT2D eigenvalue weighted by atomic mass is 10.1. The number of halogens is 2. The normalized spacial score (nSPS) is 13.7. The minimum atomic E-state index is -0.712. The second kappa shape index (κ2) is 9.15. The van der Waals surface area contributed by atoms with Crippen molar-refractivity contribution in [3.63, 3.8) is 0 Å². The van der Waals surface area contributed by atoms with Crippen molar-refractivity contribution in [3.05, 3.63) is 71.0 Å². The molecule has 5 rings (SSSR count). The van der Waals surface area contributed by atoms with Crippen LogP contribution in [0, 0.1) is 5.82 Å². The van der Waals surface area contributed by atoms with Crippen molar-refractivity contribution in [3.8, 4) is 17.2 Å². The first-order valence-corrected chi connectivity index (χ1v) is 10.8. The molecule has 2 heterocycles. The molecule has 3 amide bonds. The Labute approximate surface area is 203 Å². The van der Waals surface area contributed by atoms with E-state index in [9.17, 15) is 18.8 Å². The second-order valence-electron chi connectivity index (χ2n) is 7.65. The molecule has 0 saturated carbocycles. The number of carbonyl (C=O) groups excluding carboxylic acids is 3. The van der Waals surface area contributed by atoms with Gasteiger partial charge in [0.1, 0.15) is 18.1 Å². The van der Waals surface area contributed by atoms with Crippen LogP contribution in [0.4, 0.5) is 21.5 Å². The van der Waals surface area contributed by atoms with Crippen LogP contribution in [0.25, 0.3) is 0 Å². The van der Waals surface area contributed by atoms with Gasteiger partial charge in [-0.2, -0.15) is 0 Å². The van der Waals surface area contributed by atoms with E-state index in [1.165, 1.54) is 29.2 Å². The molecule has 2 aliphatic heterocycles. The molecule has 178 valence electrons. The number of nitrogens with one attached hydrogen (secondary N) is 2. The van der Waals surface area contributed by atoms with Gasteiger partial charge in [0.2, 0.25) is 12.7 Å². The largest absolute Gasteiger partial charge is 0.482 e. The summed E-state index contributed by atoms with van der Waals surface area (Å²) < 4.78 is 30.3. The highest BCUT2D eigenvalue weighted by Crippen LogP contribution is 2.35. The summed E-state index contributed by atoms with van der Waals surface area (Å²) in [5, 5.41) is 5.46. The maximum atomic E-state index is 14.4. The lowest BCUT2D eigenvalue weighted by Gasteiger charge is -2.29. The van der Waals surface area contributed by atoms with Crippen molar-refractivity contribution < 1.29 is 33.0 Å². The molecule has 2 aliphatic rings. The van der Waals surface area contributed by atoms with E-state index in [2.05, 4.69) is 10.6 Å². The number of hydrogen-bond acceptors (Lipinski definition) is 6. The summed E-state index contributed by atoms with van der Waals surface area (Å²) in [5.74, 6) is -0.872. The van der Waals surface area contributed by atoms with Crippen molar-refractivity contribution in [2.45, 2.75) is 0 Å². The first kappa shape index (κ1) is 22.5. The van der Waals surface area contributed by atoms with Gasteiger partial charge in [0.05, 0.1) is 11.4 Å². The molecule has 0 radical (unpaired) electrons. The van der Waals surface area contributed by atoms with Gasteiger partial charge in [-0.3, -0.25) is 19.3 Å². The van der Waals surface area contributed by atoms with E-state index >= 15 is 0 Å². The van der Waals surface area contributed by atoms with Crippen LogP contribution < -0.4 is 29.7 Å². The van der Waals surface area contributed by atoms with Gasteiger partial charge in [0.25, 0.3) is 11.8 Å². The first-order valence-electron chi connectivity index (χ1n) is 10.4. The maximum absolute atomic E-state index is 14.4. The van der Waals surface area contributed by atoms with Gasteiger partial charge < -0.3 is 24.8 Å². The van der Waals surface area contributed by atoms with Crippen molar-refractivity contribution in [2.24, 2.45) is 0 Å². The molecule has 9 nitrogen and oxygen atoms in total. The van der Waals surface area contributed by atoms with E-state index in [1.54, 1.807) is 24.3 Å². The summed E-state index contributed by atoms with van der Waals surface area (Å²) >= 11 is 6.02. The Hall–Kier alpha value is -4.31. The topological polar surface area (TPSA) is 106 Å². The number of ether oxygens (including phenoxy) is 3. The monoisotopic (exact) mass is 497 g/mol. The van der Waals surface area contributed by atoms with Crippen LogP contribution in [0.1, 0.15) is 10.4 Å². The number of rotatable bonds is 5. The van der Waals surface area contributed by atoms with Crippen LogP contribution >= 0.6 is 11.6 Å². The Bertz CT molecular complexity index is 1370. The number of nitrogens with zero attached hydrogens (tertiary/aromatic N) is 1. The zero-order valence-corrected chi connectivity index (χ0v) is 18.7. The molecule has 0 bridgehead atoms. The highest BCUT2D eigenvalue weighted by molar-refractivity contribution is 6.31. The van der Waals surface area contributed by atoms with Crippen LogP contribution in [0.5, 0.6) is 17.2 Å². The van der Waals surface area contributed by atoms with Gasteiger partial charge in [0.15, 0.2) is 18.1 Å². The SMILES string of the molecule is O=C(CN1C(=O)COc2ccc(Cl)cc21)Nc1cc(NC(=O)c2ccc3c(c2)OCO3)ccc1F. The molecule has 0 spiro atoms. The van der Waals surface area contributed by atoms with Crippen LogP contribution in [0.15, 0.2) is 54.6 Å². The maximum Gasteiger partial charge on any atom is 0.265 e. The van der Waals surface area contributed by atoms with Gasteiger partial charge in [-0.1, -0.05) is 11.6 Å². The Balaban J connectivity index is 1.29. The summed E-state index contributed by atoms with van der Waals surface area (Å²) in [5.41, 5.74) is 0.746. The van der Waals surface area contributed by atoms with E-state index in [0.717, 1.165) is 6.07 Å². The minimum absolute atomic E-state index is 0.0795. The number of fused-ring (bicyclic) bond motifs is 2. The second-order valence-corrected chi connectivity index (χ2v) is 8.08. The third kappa shape index (κ3) is 4.69. The van der Waals surface area contributed by atoms with Crippen molar-refractivity contribution in [1.29, 1.82) is 0 Å². The third-order valence-electron chi connectivity index (χ3n) is 5.30. The molecule has 0 saturated heterocycles. The van der Waals surface area contributed by atoms with Crippen molar-refractivity contribution in [2.75, 3.05) is 35.5 Å². The fraction of sp³-hybridized carbons (Fsp3) is 0.125. The third-order valence-corrected chi connectivity index (χ3v) is 5.53. The van der Waals surface area contributed by atoms with E-state index < -0.39 is 23.5 Å². The van der Waals surface area contributed by atoms with Gasteiger partial charge in [-0.05, 0) is 54.6 Å². The minimum Gasteiger partial charge on any atom is -0.482 e.